The van der Waals surface area contributed by atoms with E-state index >= 15 is 0 Å². The number of anilines is 2. The molecular weight excluding hydrogens is 452 g/mol. The van der Waals surface area contributed by atoms with E-state index in [4.69, 9.17) is 9.72 Å². The fourth-order valence-corrected chi connectivity index (χ4v) is 4.85. The summed E-state index contributed by atoms with van der Waals surface area (Å²) in [6.45, 7) is 0.277. The van der Waals surface area contributed by atoms with Gasteiger partial charge in [0.2, 0.25) is 11.8 Å². The van der Waals surface area contributed by atoms with Crippen LogP contribution in [0.5, 0.6) is 5.75 Å². The molecule has 3 amide bonds. The molecule has 1 saturated heterocycles. The summed E-state index contributed by atoms with van der Waals surface area (Å²) in [5.41, 5.74) is 2.42. The van der Waals surface area contributed by atoms with Crippen LogP contribution in [0.3, 0.4) is 0 Å². The Labute approximate surface area is 199 Å². The van der Waals surface area contributed by atoms with Crippen molar-refractivity contribution >= 4 is 50.1 Å². The van der Waals surface area contributed by atoms with Gasteiger partial charge in [-0.25, -0.2) is 4.98 Å². The molecule has 0 saturated carbocycles. The van der Waals surface area contributed by atoms with E-state index in [2.05, 4.69) is 4.98 Å². The van der Waals surface area contributed by atoms with Gasteiger partial charge in [-0.1, -0.05) is 23.5 Å². The van der Waals surface area contributed by atoms with Crippen molar-refractivity contribution in [2.45, 2.75) is 19.4 Å². The van der Waals surface area contributed by atoms with Crippen LogP contribution in [0.25, 0.3) is 10.2 Å². The lowest BCUT2D eigenvalue weighted by atomic mass is 10.1. The number of pyridine rings is 1. The van der Waals surface area contributed by atoms with Crippen molar-refractivity contribution in [1.82, 2.24) is 9.97 Å². The molecule has 1 fully saturated rings. The molecule has 3 heterocycles. The van der Waals surface area contributed by atoms with Gasteiger partial charge in [0.15, 0.2) is 5.13 Å². The minimum Gasteiger partial charge on any atom is -0.494 e. The molecule has 170 valence electrons. The van der Waals surface area contributed by atoms with Crippen LogP contribution in [-0.2, 0) is 16.1 Å². The van der Waals surface area contributed by atoms with Gasteiger partial charge in [0, 0.05) is 30.8 Å². The maximum Gasteiger partial charge on any atom is 0.260 e. The number of hydrogen-bond donors (Lipinski definition) is 0. The van der Waals surface area contributed by atoms with E-state index in [1.807, 2.05) is 30.3 Å². The lowest BCUT2D eigenvalue weighted by molar-refractivity contribution is -0.121. The summed E-state index contributed by atoms with van der Waals surface area (Å²) in [6, 6.07) is 15.9. The summed E-state index contributed by atoms with van der Waals surface area (Å²) in [5, 5.41) is 0.530. The van der Waals surface area contributed by atoms with Crippen LogP contribution in [0.4, 0.5) is 10.8 Å². The minimum atomic E-state index is -0.257. The van der Waals surface area contributed by atoms with Gasteiger partial charge < -0.3 is 4.74 Å². The summed E-state index contributed by atoms with van der Waals surface area (Å²) < 4.78 is 6.34. The second-order valence-electron chi connectivity index (χ2n) is 7.73. The van der Waals surface area contributed by atoms with Crippen LogP contribution in [0.15, 0.2) is 67.0 Å². The molecule has 34 heavy (non-hydrogen) atoms. The molecule has 5 rings (SSSR count). The van der Waals surface area contributed by atoms with Crippen molar-refractivity contribution in [1.29, 1.82) is 0 Å². The van der Waals surface area contributed by atoms with Crippen molar-refractivity contribution in [2.75, 3.05) is 16.9 Å². The Morgan fingerprint density at radius 2 is 1.82 bits per heavy atom. The summed E-state index contributed by atoms with van der Waals surface area (Å²) >= 11 is 1.40. The summed E-state index contributed by atoms with van der Waals surface area (Å²) in [5.74, 6) is -0.0815. The Bertz CT molecular complexity index is 1370. The zero-order valence-corrected chi connectivity index (χ0v) is 19.1. The van der Waals surface area contributed by atoms with Crippen molar-refractivity contribution in [3.8, 4) is 5.75 Å². The zero-order valence-electron chi connectivity index (χ0n) is 18.3. The Hall–Kier alpha value is -4.11. The number of benzene rings is 2. The van der Waals surface area contributed by atoms with Gasteiger partial charge in [-0.15, -0.1) is 0 Å². The first-order valence-corrected chi connectivity index (χ1v) is 11.5. The van der Waals surface area contributed by atoms with E-state index in [1.54, 1.807) is 48.7 Å². The number of carbonyl (C=O) groups is 3. The summed E-state index contributed by atoms with van der Waals surface area (Å²) in [6.07, 6.45) is 3.80. The third-order valence-corrected chi connectivity index (χ3v) is 6.60. The fraction of sp³-hybridized carbons (Fsp3) is 0.160. The number of fused-ring (bicyclic) bond motifs is 1. The SMILES string of the molecule is COc1cccc2sc(N(Cc3cccnc3)C(=O)c3ccc(N4C(=O)CCC4=O)cc3)nc12. The Morgan fingerprint density at radius 3 is 2.50 bits per heavy atom. The lowest BCUT2D eigenvalue weighted by Crippen LogP contribution is -2.31. The van der Waals surface area contributed by atoms with E-state index in [9.17, 15) is 14.4 Å². The number of ether oxygens (including phenoxy) is 1. The van der Waals surface area contributed by atoms with Crippen LogP contribution in [0.2, 0.25) is 0 Å². The molecule has 2 aromatic heterocycles. The largest absolute Gasteiger partial charge is 0.494 e. The number of rotatable bonds is 6. The Morgan fingerprint density at radius 1 is 1.06 bits per heavy atom. The molecule has 0 aliphatic carbocycles. The average molecular weight is 473 g/mol. The first-order valence-electron chi connectivity index (χ1n) is 10.7. The van der Waals surface area contributed by atoms with E-state index in [-0.39, 0.29) is 37.1 Å². The molecule has 2 aromatic carbocycles. The third-order valence-electron chi connectivity index (χ3n) is 5.55. The number of methoxy groups -OCH3 is 1. The number of carbonyl (C=O) groups excluding carboxylic acids is 3. The first kappa shape index (κ1) is 21.7. The molecule has 9 heteroatoms. The molecule has 0 radical (unpaired) electrons. The highest BCUT2D eigenvalue weighted by Gasteiger charge is 2.30. The maximum absolute atomic E-state index is 13.6. The van der Waals surface area contributed by atoms with E-state index in [0.717, 1.165) is 10.3 Å². The van der Waals surface area contributed by atoms with E-state index in [1.165, 1.54) is 16.2 Å². The van der Waals surface area contributed by atoms with Crippen molar-refractivity contribution < 1.29 is 19.1 Å². The second-order valence-corrected chi connectivity index (χ2v) is 8.73. The van der Waals surface area contributed by atoms with Crippen LogP contribution >= 0.6 is 11.3 Å². The molecule has 1 aliphatic rings. The minimum absolute atomic E-state index is 0.208. The van der Waals surface area contributed by atoms with Crippen LogP contribution < -0.4 is 14.5 Å². The number of nitrogens with zero attached hydrogens (tertiary/aromatic N) is 4. The standard InChI is InChI=1S/C25H20N4O4S/c1-33-19-5-2-6-20-23(19)27-25(34-20)28(15-16-4-3-13-26-14-16)24(32)17-7-9-18(10-8-17)29-21(30)11-12-22(29)31/h2-10,13-14H,11-12,15H2,1H3. The quantitative estimate of drug-likeness (QED) is 0.391. The van der Waals surface area contributed by atoms with Gasteiger partial charge in [-0.2, -0.15) is 0 Å². The highest BCUT2D eigenvalue weighted by atomic mass is 32.1. The molecular formula is C25H20N4O4S. The predicted octanol–water partition coefficient (Wildman–Crippen LogP) is 4.20. The molecule has 0 atom stereocenters. The summed E-state index contributed by atoms with van der Waals surface area (Å²) in [4.78, 5) is 49.4. The van der Waals surface area contributed by atoms with Crippen molar-refractivity contribution in [3.05, 3.63) is 78.1 Å². The lowest BCUT2D eigenvalue weighted by Gasteiger charge is -2.20. The maximum atomic E-state index is 13.6. The van der Waals surface area contributed by atoms with Gasteiger partial charge in [-0.3, -0.25) is 29.2 Å². The van der Waals surface area contributed by atoms with Crippen LogP contribution in [-0.4, -0.2) is 34.8 Å². The number of aromatic nitrogens is 2. The first-order chi connectivity index (χ1) is 16.5. The van der Waals surface area contributed by atoms with Gasteiger partial charge in [0.1, 0.15) is 11.3 Å². The average Bonchev–Trinajstić information content (AvgIpc) is 3.45. The third kappa shape index (κ3) is 4.01. The monoisotopic (exact) mass is 472 g/mol. The highest BCUT2D eigenvalue weighted by molar-refractivity contribution is 7.22. The predicted molar refractivity (Wildman–Crippen MR) is 129 cm³/mol. The molecule has 4 aromatic rings. The number of hydrogen-bond acceptors (Lipinski definition) is 7. The van der Waals surface area contributed by atoms with Crippen LogP contribution in [0, 0.1) is 0 Å². The number of thiazole rings is 1. The van der Waals surface area contributed by atoms with Crippen molar-refractivity contribution in [3.63, 3.8) is 0 Å². The molecule has 0 N–H and O–H groups in total. The molecule has 0 bridgehead atoms. The molecule has 0 unspecified atom stereocenters. The zero-order chi connectivity index (χ0) is 23.7. The van der Waals surface area contributed by atoms with Gasteiger partial charge in [0.05, 0.1) is 24.0 Å². The van der Waals surface area contributed by atoms with Crippen molar-refractivity contribution in [2.24, 2.45) is 0 Å². The summed E-state index contributed by atoms with van der Waals surface area (Å²) in [7, 11) is 1.59. The second kappa shape index (κ2) is 9.03. The number of imide groups is 1. The van der Waals surface area contributed by atoms with Gasteiger partial charge >= 0.3 is 0 Å². The molecule has 8 nitrogen and oxygen atoms in total. The molecule has 1 aliphatic heterocycles. The molecule has 0 spiro atoms. The number of amides is 3. The Balaban J connectivity index is 1.51. The smallest absolute Gasteiger partial charge is 0.260 e. The Kier molecular flexibility index (Phi) is 5.77. The fourth-order valence-electron chi connectivity index (χ4n) is 3.87. The van der Waals surface area contributed by atoms with E-state index in [0.29, 0.717) is 27.6 Å². The highest BCUT2D eigenvalue weighted by Crippen LogP contribution is 2.35. The normalized spacial score (nSPS) is 13.5. The van der Waals surface area contributed by atoms with Crippen LogP contribution in [0.1, 0.15) is 28.8 Å². The van der Waals surface area contributed by atoms with Gasteiger partial charge in [-0.05, 0) is 48.0 Å². The van der Waals surface area contributed by atoms with E-state index < -0.39 is 0 Å². The number of para-hydroxylation sites is 1. The van der Waals surface area contributed by atoms with Gasteiger partial charge in [0.25, 0.3) is 5.91 Å². The topological polar surface area (TPSA) is 92.7 Å².